The Labute approximate surface area is 130 Å². The summed E-state index contributed by atoms with van der Waals surface area (Å²) in [5, 5.41) is 2.84. The highest BCUT2D eigenvalue weighted by molar-refractivity contribution is 5.96. The molecule has 2 rings (SSSR count). The maximum Gasteiger partial charge on any atom is 0.290 e. The maximum atomic E-state index is 12.3. The highest BCUT2D eigenvalue weighted by Gasteiger charge is 2.27. The van der Waals surface area contributed by atoms with Crippen LogP contribution >= 0.6 is 0 Å². The molecule has 1 aliphatic rings. The van der Waals surface area contributed by atoms with E-state index in [2.05, 4.69) is 24.1 Å². The van der Waals surface area contributed by atoms with Crippen LogP contribution in [0, 0.1) is 5.92 Å². The van der Waals surface area contributed by atoms with Gasteiger partial charge >= 0.3 is 0 Å². The summed E-state index contributed by atoms with van der Waals surface area (Å²) in [6, 6.07) is 0. The van der Waals surface area contributed by atoms with Crippen LogP contribution in [0.25, 0.3) is 0 Å². The molecule has 1 N–H and O–H groups in total. The van der Waals surface area contributed by atoms with Gasteiger partial charge in [-0.2, -0.15) is 0 Å². The molecule has 0 fully saturated rings. The van der Waals surface area contributed by atoms with Crippen molar-refractivity contribution in [2.75, 3.05) is 33.4 Å². The first kappa shape index (κ1) is 16.5. The quantitative estimate of drug-likeness (QED) is 0.807. The van der Waals surface area contributed by atoms with Gasteiger partial charge in [0.05, 0.1) is 6.61 Å². The van der Waals surface area contributed by atoms with Crippen molar-refractivity contribution in [3.63, 3.8) is 0 Å². The summed E-state index contributed by atoms with van der Waals surface area (Å²) in [7, 11) is 1.61. The van der Waals surface area contributed by atoms with Gasteiger partial charge in [0.25, 0.3) is 11.8 Å². The molecular weight excluding hydrogens is 284 g/mol. The number of hydrogen-bond acceptors (Lipinski definition) is 4. The Hall–Kier alpha value is -1.89. The molecule has 22 heavy (non-hydrogen) atoms. The smallest absolute Gasteiger partial charge is 0.290 e. The highest BCUT2D eigenvalue weighted by Crippen LogP contribution is 2.13. The molecule has 2 amide bonds. The molecule has 0 atom stereocenters. The Morgan fingerprint density at radius 3 is 2.91 bits per heavy atom. The van der Waals surface area contributed by atoms with Crippen LogP contribution in [0.15, 0.2) is 6.20 Å². The van der Waals surface area contributed by atoms with E-state index < -0.39 is 0 Å². The van der Waals surface area contributed by atoms with Gasteiger partial charge in [-0.3, -0.25) is 9.59 Å². The zero-order chi connectivity index (χ0) is 16.1. The standard InChI is InChI=1S/C15H24N4O3/c1-11(2)4-5-16-14(20)12-10-19-7-6-18(8-9-22-3)15(21)13(19)17-12/h10-11H,4-9H2,1-3H3,(H,16,20). The molecule has 0 bridgehead atoms. The second-order valence-corrected chi connectivity index (χ2v) is 5.87. The highest BCUT2D eigenvalue weighted by atomic mass is 16.5. The van der Waals surface area contributed by atoms with Gasteiger partial charge in [-0.25, -0.2) is 4.98 Å². The molecule has 0 aliphatic carbocycles. The lowest BCUT2D eigenvalue weighted by Crippen LogP contribution is -2.42. The lowest BCUT2D eigenvalue weighted by atomic mass is 10.1. The third-order valence-corrected chi connectivity index (χ3v) is 3.67. The Morgan fingerprint density at radius 1 is 1.45 bits per heavy atom. The molecule has 1 aliphatic heterocycles. The zero-order valence-electron chi connectivity index (χ0n) is 13.5. The summed E-state index contributed by atoms with van der Waals surface area (Å²) >= 11 is 0. The first-order valence-corrected chi connectivity index (χ1v) is 7.66. The van der Waals surface area contributed by atoms with Crippen LogP contribution in [-0.4, -0.2) is 59.6 Å². The van der Waals surface area contributed by atoms with Gasteiger partial charge in [-0.1, -0.05) is 13.8 Å². The molecular formula is C15H24N4O3. The van der Waals surface area contributed by atoms with Crippen molar-refractivity contribution in [1.82, 2.24) is 19.8 Å². The van der Waals surface area contributed by atoms with Gasteiger partial charge in [0.2, 0.25) is 0 Å². The number of fused-ring (bicyclic) bond motifs is 1. The van der Waals surface area contributed by atoms with E-state index in [0.29, 0.717) is 50.2 Å². The number of carbonyl (C=O) groups excluding carboxylic acids is 2. The van der Waals surface area contributed by atoms with Crippen LogP contribution < -0.4 is 5.32 Å². The molecule has 2 heterocycles. The average molecular weight is 308 g/mol. The van der Waals surface area contributed by atoms with Crippen molar-refractivity contribution in [1.29, 1.82) is 0 Å². The molecule has 7 heteroatoms. The first-order valence-electron chi connectivity index (χ1n) is 7.66. The number of nitrogens with one attached hydrogen (secondary N) is 1. The van der Waals surface area contributed by atoms with Gasteiger partial charge in [0.15, 0.2) is 5.82 Å². The summed E-state index contributed by atoms with van der Waals surface area (Å²) in [6.45, 7) is 7.13. The fourth-order valence-electron chi connectivity index (χ4n) is 2.32. The summed E-state index contributed by atoms with van der Waals surface area (Å²) in [5.41, 5.74) is 0.306. The van der Waals surface area contributed by atoms with Crippen molar-refractivity contribution in [2.45, 2.75) is 26.8 Å². The van der Waals surface area contributed by atoms with Gasteiger partial charge < -0.3 is 19.5 Å². The average Bonchev–Trinajstić information content (AvgIpc) is 2.91. The van der Waals surface area contributed by atoms with Gasteiger partial charge in [0.1, 0.15) is 5.69 Å². The van der Waals surface area contributed by atoms with Gasteiger partial charge in [-0.15, -0.1) is 0 Å². The van der Waals surface area contributed by atoms with E-state index in [-0.39, 0.29) is 11.8 Å². The number of aromatic nitrogens is 2. The number of nitrogens with zero attached hydrogens (tertiary/aromatic N) is 3. The molecule has 7 nitrogen and oxygen atoms in total. The normalized spacial score (nSPS) is 14.4. The summed E-state index contributed by atoms with van der Waals surface area (Å²) in [4.78, 5) is 30.3. The Morgan fingerprint density at radius 2 is 2.23 bits per heavy atom. The number of amides is 2. The number of imidazole rings is 1. The first-order chi connectivity index (χ1) is 10.5. The SMILES string of the molecule is COCCN1CCn2cc(C(=O)NCCC(C)C)nc2C1=O. The minimum absolute atomic E-state index is 0.149. The number of rotatable bonds is 7. The molecule has 0 aromatic carbocycles. The monoisotopic (exact) mass is 308 g/mol. The number of carbonyl (C=O) groups is 2. The van der Waals surface area contributed by atoms with Crippen molar-refractivity contribution in [3.05, 3.63) is 17.7 Å². The topological polar surface area (TPSA) is 76.5 Å². The maximum absolute atomic E-state index is 12.3. The van der Waals surface area contributed by atoms with Gasteiger partial charge in [0, 0.05) is 39.5 Å². The molecule has 0 spiro atoms. The van der Waals surface area contributed by atoms with E-state index in [1.165, 1.54) is 0 Å². The van der Waals surface area contributed by atoms with E-state index in [0.717, 1.165) is 6.42 Å². The summed E-state index contributed by atoms with van der Waals surface area (Å²) in [6.07, 6.45) is 2.58. The fourth-order valence-corrected chi connectivity index (χ4v) is 2.32. The summed E-state index contributed by atoms with van der Waals surface area (Å²) in [5.74, 6) is 0.492. The fraction of sp³-hybridized carbons (Fsp3) is 0.667. The van der Waals surface area contributed by atoms with Crippen molar-refractivity contribution >= 4 is 11.8 Å². The molecule has 0 radical (unpaired) electrons. The Balaban J connectivity index is 2.00. The molecule has 122 valence electrons. The second kappa shape index (κ2) is 7.40. The molecule has 0 saturated carbocycles. The van der Waals surface area contributed by atoms with Crippen LogP contribution in [0.3, 0.4) is 0 Å². The molecule has 1 aromatic heterocycles. The van der Waals surface area contributed by atoms with Crippen LogP contribution in [0.5, 0.6) is 0 Å². The summed E-state index contributed by atoms with van der Waals surface area (Å²) < 4.78 is 6.76. The lowest BCUT2D eigenvalue weighted by Gasteiger charge is -2.26. The Bertz CT molecular complexity index is 539. The van der Waals surface area contributed by atoms with Crippen molar-refractivity contribution < 1.29 is 14.3 Å². The van der Waals surface area contributed by atoms with Gasteiger partial charge in [-0.05, 0) is 12.3 Å². The lowest BCUT2D eigenvalue weighted by molar-refractivity contribution is 0.0634. The molecule has 0 unspecified atom stereocenters. The third kappa shape index (κ3) is 3.85. The molecule has 0 saturated heterocycles. The van der Waals surface area contributed by atoms with E-state index in [9.17, 15) is 9.59 Å². The second-order valence-electron chi connectivity index (χ2n) is 5.87. The van der Waals surface area contributed by atoms with E-state index in [1.54, 1.807) is 22.8 Å². The number of methoxy groups -OCH3 is 1. The van der Waals surface area contributed by atoms with Crippen LogP contribution in [0.1, 0.15) is 41.4 Å². The minimum Gasteiger partial charge on any atom is -0.383 e. The predicted octanol–water partition coefficient (Wildman–Crippen LogP) is 0.761. The van der Waals surface area contributed by atoms with Crippen LogP contribution in [-0.2, 0) is 11.3 Å². The van der Waals surface area contributed by atoms with E-state index in [1.807, 2.05) is 0 Å². The largest absolute Gasteiger partial charge is 0.383 e. The minimum atomic E-state index is -0.223. The van der Waals surface area contributed by atoms with E-state index >= 15 is 0 Å². The van der Waals surface area contributed by atoms with Crippen LogP contribution in [0.4, 0.5) is 0 Å². The number of hydrogen-bond donors (Lipinski definition) is 1. The number of ether oxygens (including phenoxy) is 1. The Kier molecular flexibility index (Phi) is 5.54. The zero-order valence-corrected chi connectivity index (χ0v) is 13.5. The van der Waals surface area contributed by atoms with Crippen molar-refractivity contribution in [3.8, 4) is 0 Å². The predicted molar refractivity (Wildman–Crippen MR) is 81.8 cm³/mol. The van der Waals surface area contributed by atoms with Crippen molar-refractivity contribution in [2.24, 2.45) is 5.92 Å². The molecule has 1 aromatic rings. The third-order valence-electron chi connectivity index (χ3n) is 3.67. The van der Waals surface area contributed by atoms with Crippen LogP contribution in [0.2, 0.25) is 0 Å². The van der Waals surface area contributed by atoms with E-state index in [4.69, 9.17) is 4.74 Å².